The molecule has 8 nitrogen and oxygen atoms in total. The normalized spacial score (nSPS) is 15.6. The molecule has 10 heteroatoms. The predicted octanol–water partition coefficient (Wildman–Crippen LogP) is 2.38. The maximum atomic E-state index is 13.3. The lowest BCUT2D eigenvalue weighted by Crippen LogP contribution is -2.48. The Morgan fingerprint density at radius 3 is 2.59 bits per heavy atom. The zero-order chi connectivity index (χ0) is 21.9. The number of nitrogens with one attached hydrogen (secondary N) is 2. The Labute approximate surface area is 206 Å². The molecule has 0 amide bonds. The van der Waals surface area contributed by atoms with Gasteiger partial charge in [0.25, 0.3) is 0 Å². The maximum Gasteiger partial charge on any atom is 0.225 e. The van der Waals surface area contributed by atoms with E-state index >= 15 is 0 Å². The van der Waals surface area contributed by atoms with Crippen LogP contribution >= 0.6 is 24.0 Å². The summed E-state index contributed by atoms with van der Waals surface area (Å²) in [6, 6.07) is 8.02. The van der Waals surface area contributed by atoms with Gasteiger partial charge in [-0.15, -0.1) is 24.0 Å². The number of benzene rings is 1. The van der Waals surface area contributed by atoms with Crippen LogP contribution in [0.1, 0.15) is 13.3 Å². The van der Waals surface area contributed by atoms with Gasteiger partial charge in [0.15, 0.2) is 5.96 Å². The average Bonchev–Trinajstić information content (AvgIpc) is 2.79. The van der Waals surface area contributed by atoms with E-state index in [9.17, 15) is 4.39 Å². The molecule has 32 heavy (non-hydrogen) atoms. The molecule has 1 saturated heterocycles. The van der Waals surface area contributed by atoms with Crippen molar-refractivity contribution in [2.24, 2.45) is 4.99 Å². The number of aliphatic imine (C=N–C) groups is 1. The Morgan fingerprint density at radius 2 is 1.91 bits per heavy atom. The molecule has 1 aromatic heterocycles. The van der Waals surface area contributed by atoms with Crippen LogP contribution in [0.4, 0.5) is 10.3 Å². The fourth-order valence-corrected chi connectivity index (χ4v) is 3.41. The van der Waals surface area contributed by atoms with Gasteiger partial charge in [0, 0.05) is 58.2 Å². The quantitative estimate of drug-likeness (QED) is 0.212. The summed E-state index contributed by atoms with van der Waals surface area (Å²) >= 11 is 0. The van der Waals surface area contributed by atoms with E-state index < -0.39 is 0 Å². The minimum Gasteiger partial charge on any atom is -0.489 e. The largest absolute Gasteiger partial charge is 0.489 e. The van der Waals surface area contributed by atoms with E-state index in [1.807, 2.05) is 13.0 Å². The molecule has 0 saturated carbocycles. The van der Waals surface area contributed by atoms with Gasteiger partial charge in [-0.1, -0.05) is 6.07 Å². The van der Waals surface area contributed by atoms with Gasteiger partial charge in [0.1, 0.15) is 17.7 Å². The first kappa shape index (κ1) is 26.0. The lowest BCUT2D eigenvalue weighted by atomic mass is 10.3. The lowest BCUT2D eigenvalue weighted by Gasteiger charge is -2.34. The Kier molecular flexibility index (Phi) is 11.4. The number of ether oxygens (including phenoxy) is 1. The van der Waals surface area contributed by atoms with Crippen molar-refractivity contribution in [3.63, 3.8) is 0 Å². The summed E-state index contributed by atoms with van der Waals surface area (Å²) in [5.74, 6) is 1.77. The molecular formula is C22H33FIN7O. The molecule has 2 N–H and O–H groups in total. The average molecular weight is 557 g/mol. The zero-order valence-corrected chi connectivity index (χ0v) is 21.0. The Bertz CT molecular complexity index is 819. The lowest BCUT2D eigenvalue weighted by molar-refractivity contribution is 0.223. The summed E-state index contributed by atoms with van der Waals surface area (Å²) in [4.78, 5) is 17.6. The van der Waals surface area contributed by atoms with Gasteiger partial charge in [-0.3, -0.25) is 9.89 Å². The molecule has 1 aliphatic rings. The second-order valence-corrected chi connectivity index (χ2v) is 7.50. The minimum absolute atomic E-state index is 0. The topological polar surface area (TPSA) is 77.9 Å². The maximum absolute atomic E-state index is 13.3. The Hall–Kier alpha value is -2.21. The molecule has 0 spiro atoms. The third-order valence-electron chi connectivity index (χ3n) is 5.06. The first-order valence-corrected chi connectivity index (χ1v) is 10.7. The van der Waals surface area contributed by atoms with Crippen LogP contribution < -0.4 is 20.3 Å². The fraction of sp³-hybridized carbons (Fsp3) is 0.500. The molecule has 1 atom stereocenters. The van der Waals surface area contributed by atoms with Crippen molar-refractivity contribution in [3.8, 4) is 5.75 Å². The second kappa shape index (κ2) is 14.0. The number of nitrogens with zero attached hydrogens (tertiary/aromatic N) is 5. The SMILES string of the molecule is CN=C(NCCCN1CCN(c2ncccn2)CC1)NCC(C)Oc1cccc(F)c1.I. The number of piperazine rings is 1. The molecule has 176 valence electrons. The molecular weight excluding hydrogens is 524 g/mol. The van der Waals surface area contributed by atoms with E-state index in [0.717, 1.165) is 57.6 Å². The van der Waals surface area contributed by atoms with Crippen molar-refractivity contribution < 1.29 is 9.13 Å². The highest BCUT2D eigenvalue weighted by molar-refractivity contribution is 14.0. The molecule has 0 radical (unpaired) electrons. The van der Waals surface area contributed by atoms with Crippen LogP contribution in [0.3, 0.4) is 0 Å². The van der Waals surface area contributed by atoms with E-state index in [-0.39, 0.29) is 35.9 Å². The summed E-state index contributed by atoms with van der Waals surface area (Å²) in [6.07, 6.45) is 4.48. The highest BCUT2D eigenvalue weighted by atomic mass is 127. The summed E-state index contributed by atoms with van der Waals surface area (Å²) in [5, 5.41) is 6.59. The van der Waals surface area contributed by atoms with Crippen molar-refractivity contribution in [2.75, 3.05) is 57.8 Å². The summed E-state index contributed by atoms with van der Waals surface area (Å²) in [5.41, 5.74) is 0. The third kappa shape index (κ3) is 8.73. The van der Waals surface area contributed by atoms with E-state index in [4.69, 9.17) is 4.74 Å². The van der Waals surface area contributed by atoms with E-state index in [1.165, 1.54) is 12.1 Å². The molecule has 2 aromatic rings. The number of guanidine groups is 1. The van der Waals surface area contributed by atoms with Gasteiger partial charge in [-0.05, 0) is 38.1 Å². The molecule has 1 fully saturated rings. The number of aromatic nitrogens is 2. The van der Waals surface area contributed by atoms with E-state index in [2.05, 4.69) is 35.4 Å². The highest BCUT2D eigenvalue weighted by Gasteiger charge is 2.18. The number of halogens is 2. The molecule has 3 rings (SSSR count). The van der Waals surface area contributed by atoms with Crippen LogP contribution in [-0.2, 0) is 0 Å². The number of rotatable bonds is 9. The van der Waals surface area contributed by atoms with Crippen molar-refractivity contribution >= 4 is 35.9 Å². The summed E-state index contributed by atoms with van der Waals surface area (Å²) < 4.78 is 19.0. The Balaban J connectivity index is 0.00000363. The van der Waals surface area contributed by atoms with Crippen LogP contribution in [0.5, 0.6) is 5.75 Å². The van der Waals surface area contributed by atoms with E-state index in [0.29, 0.717) is 12.3 Å². The van der Waals surface area contributed by atoms with Crippen molar-refractivity contribution in [3.05, 3.63) is 48.5 Å². The van der Waals surface area contributed by atoms with Gasteiger partial charge >= 0.3 is 0 Å². The smallest absolute Gasteiger partial charge is 0.225 e. The fourth-order valence-electron chi connectivity index (χ4n) is 3.41. The highest BCUT2D eigenvalue weighted by Crippen LogP contribution is 2.13. The van der Waals surface area contributed by atoms with Gasteiger partial charge in [-0.2, -0.15) is 0 Å². The van der Waals surface area contributed by atoms with Crippen molar-refractivity contribution in [1.82, 2.24) is 25.5 Å². The second-order valence-electron chi connectivity index (χ2n) is 7.50. The van der Waals surface area contributed by atoms with Gasteiger partial charge in [-0.25, -0.2) is 14.4 Å². The monoisotopic (exact) mass is 557 g/mol. The molecule has 0 aliphatic carbocycles. The van der Waals surface area contributed by atoms with Crippen LogP contribution in [0, 0.1) is 5.82 Å². The molecule has 0 bridgehead atoms. The van der Waals surface area contributed by atoms with Crippen LogP contribution in [0.15, 0.2) is 47.7 Å². The number of anilines is 1. The van der Waals surface area contributed by atoms with Crippen molar-refractivity contribution in [1.29, 1.82) is 0 Å². The summed E-state index contributed by atoms with van der Waals surface area (Å²) in [6.45, 7) is 8.30. The first-order chi connectivity index (χ1) is 15.1. The van der Waals surface area contributed by atoms with Crippen LogP contribution in [0.2, 0.25) is 0 Å². The molecule has 1 aromatic carbocycles. The van der Waals surface area contributed by atoms with Crippen molar-refractivity contribution in [2.45, 2.75) is 19.4 Å². The standard InChI is InChI=1S/C22H32FN7O.HI/c1-18(31-20-7-3-6-19(23)16-20)17-28-21(24-2)25-10-5-11-29-12-14-30(15-13-29)22-26-8-4-9-27-22;/h3-4,6-9,16,18H,5,10-15,17H2,1-2H3,(H2,24,25,28);1H. The first-order valence-electron chi connectivity index (χ1n) is 10.7. The van der Waals surface area contributed by atoms with Gasteiger partial charge in [0.05, 0.1) is 6.54 Å². The molecule has 1 aliphatic heterocycles. The van der Waals surface area contributed by atoms with Crippen LogP contribution in [0.25, 0.3) is 0 Å². The molecule has 1 unspecified atom stereocenters. The van der Waals surface area contributed by atoms with E-state index in [1.54, 1.807) is 31.6 Å². The number of hydrogen-bond acceptors (Lipinski definition) is 6. The third-order valence-corrected chi connectivity index (χ3v) is 5.06. The van der Waals surface area contributed by atoms with Gasteiger partial charge in [0.2, 0.25) is 5.95 Å². The zero-order valence-electron chi connectivity index (χ0n) is 18.7. The minimum atomic E-state index is -0.301. The summed E-state index contributed by atoms with van der Waals surface area (Å²) in [7, 11) is 1.75. The van der Waals surface area contributed by atoms with Gasteiger partial charge < -0.3 is 20.3 Å². The van der Waals surface area contributed by atoms with Crippen LogP contribution in [-0.4, -0.2) is 79.8 Å². The number of hydrogen-bond donors (Lipinski definition) is 2. The Morgan fingerprint density at radius 1 is 1.16 bits per heavy atom. The predicted molar refractivity (Wildman–Crippen MR) is 137 cm³/mol. The molecule has 2 heterocycles.